The lowest BCUT2D eigenvalue weighted by Crippen LogP contribution is -2.57. The molecule has 4 nitrogen and oxygen atoms in total. The molecule has 4 heteroatoms. The van der Waals surface area contributed by atoms with Crippen molar-refractivity contribution >= 4 is 5.91 Å². The molecule has 0 bridgehead atoms. The second-order valence-corrected chi connectivity index (χ2v) is 3.73. The van der Waals surface area contributed by atoms with Gasteiger partial charge >= 0.3 is 0 Å². The van der Waals surface area contributed by atoms with E-state index in [1.807, 2.05) is 4.90 Å². The summed E-state index contributed by atoms with van der Waals surface area (Å²) in [5.74, 6) is 0.199. The highest BCUT2D eigenvalue weighted by Crippen LogP contribution is 2.12. The van der Waals surface area contributed by atoms with Crippen molar-refractivity contribution in [2.24, 2.45) is 0 Å². The van der Waals surface area contributed by atoms with Crippen LogP contribution < -0.4 is 0 Å². The Bertz CT molecular complexity index is 196. The van der Waals surface area contributed by atoms with Crippen molar-refractivity contribution < 1.29 is 9.53 Å². The van der Waals surface area contributed by atoms with Crippen LogP contribution in [0.2, 0.25) is 0 Å². The van der Waals surface area contributed by atoms with Crippen LogP contribution in [0.5, 0.6) is 0 Å². The molecule has 74 valence electrons. The number of carbonyl (C=O) groups is 1. The van der Waals surface area contributed by atoms with Gasteiger partial charge in [0.1, 0.15) is 0 Å². The Morgan fingerprint density at radius 3 is 2.23 bits per heavy atom. The summed E-state index contributed by atoms with van der Waals surface area (Å²) < 4.78 is 5.14. The summed E-state index contributed by atoms with van der Waals surface area (Å²) in [7, 11) is 0. The normalized spacial score (nSPS) is 25.8. The molecule has 0 radical (unpaired) electrons. The number of piperazine rings is 1. The van der Waals surface area contributed by atoms with Crippen LogP contribution in [-0.4, -0.2) is 61.1 Å². The number of hydrogen-bond donors (Lipinski definition) is 0. The minimum Gasteiger partial charge on any atom is -0.378 e. The van der Waals surface area contributed by atoms with E-state index in [1.165, 1.54) is 0 Å². The molecule has 0 aromatic carbocycles. The van der Waals surface area contributed by atoms with Gasteiger partial charge in [-0.2, -0.15) is 0 Å². The van der Waals surface area contributed by atoms with Gasteiger partial charge in [0, 0.05) is 33.1 Å². The quantitative estimate of drug-likeness (QED) is 0.553. The van der Waals surface area contributed by atoms with Gasteiger partial charge in [0.05, 0.1) is 19.3 Å². The first-order valence-electron chi connectivity index (χ1n) is 4.84. The average Bonchev–Trinajstić information content (AvgIpc) is 2.02. The highest BCUT2D eigenvalue weighted by atomic mass is 16.5. The maximum absolute atomic E-state index is 11.0. The molecule has 2 aliphatic heterocycles. The fraction of sp³-hybridized carbons (Fsp3) is 0.889. The molecule has 0 spiro atoms. The lowest BCUT2D eigenvalue weighted by atomic mass is 10.2. The van der Waals surface area contributed by atoms with Crippen molar-refractivity contribution in [2.75, 3.05) is 39.4 Å². The predicted octanol–water partition coefficient (Wildman–Crippen LogP) is -0.451. The fourth-order valence-corrected chi connectivity index (χ4v) is 1.84. The summed E-state index contributed by atoms with van der Waals surface area (Å²) in [5.41, 5.74) is 0. The Labute approximate surface area is 78.4 Å². The van der Waals surface area contributed by atoms with Gasteiger partial charge < -0.3 is 9.64 Å². The largest absolute Gasteiger partial charge is 0.378 e. The molecular formula is C9H16N2O2. The molecule has 0 atom stereocenters. The van der Waals surface area contributed by atoms with Gasteiger partial charge in [-0.15, -0.1) is 0 Å². The predicted molar refractivity (Wildman–Crippen MR) is 48.4 cm³/mol. The Hall–Kier alpha value is -0.610. The molecule has 0 saturated carbocycles. The Morgan fingerprint density at radius 1 is 1.23 bits per heavy atom. The van der Waals surface area contributed by atoms with Gasteiger partial charge in [-0.05, 0) is 0 Å². The SMILES string of the molecule is CC(=O)N1CCN(C2COC2)CC1. The van der Waals surface area contributed by atoms with E-state index in [0.717, 1.165) is 39.4 Å². The lowest BCUT2D eigenvalue weighted by molar-refractivity contribution is -0.133. The summed E-state index contributed by atoms with van der Waals surface area (Å²) in [5, 5.41) is 0. The van der Waals surface area contributed by atoms with Gasteiger partial charge in [-0.25, -0.2) is 0 Å². The first-order valence-corrected chi connectivity index (χ1v) is 4.84. The van der Waals surface area contributed by atoms with Crippen LogP contribution in [0, 0.1) is 0 Å². The molecule has 2 rings (SSSR count). The van der Waals surface area contributed by atoms with E-state index in [-0.39, 0.29) is 5.91 Å². The van der Waals surface area contributed by atoms with Gasteiger partial charge in [-0.1, -0.05) is 0 Å². The molecule has 13 heavy (non-hydrogen) atoms. The fourth-order valence-electron chi connectivity index (χ4n) is 1.84. The van der Waals surface area contributed by atoms with Crippen LogP contribution in [0.3, 0.4) is 0 Å². The van der Waals surface area contributed by atoms with Gasteiger partial charge in [0.15, 0.2) is 0 Å². The minimum absolute atomic E-state index is 0.199. The van der Waals surface area contributed by atoms with Crippen LogP contribution >= 0.6 is 0 Å². The van der Waals surface area contributed by atoms with Crippen molar-refractivity contribution in [1.82, 2.24) is 9.80 Å². The molecule has 0 unspecified atom stereocenters. The smallest absolute Gasteiger partial charge is 0.219 e. The second kappa shape index (κ2) is 3.64. The molecule has 2 heterocycles. The Kier molecular flexibility index (Phi) is 2.51. The number of nitrogens with zero attached hydrogens (tertiary/aromatic N) is 2. The third-order valence-electron chi connectivity index (χ3n) is 2.90. The third kappa shape index (κ3) is 1.84. The summed E-state index contributed by atoms with van der Waals surface area (Å²) in [4.78, 5) is 15.4. The standard InChI is InChI=1S/C9H16N2O2/c1-8(12)10-2-4-11(5-3-10)9-6-13-7-9/h9H,2-7H2,1H3. The van der Waals surface area contributed by atoms with Crippen molar-refractivity contribution in [3.63, 3.8) is 0 Å². The summed E-state index contributed by atoms with van der Waals surface area (Å²) >= 11 is 0. The number of rotatable bonds is 1. The van der Waals surface area contributed by atoms with Gasteiger partial charge in [0.25, 0.3) is 0 Å². The molecule has 2 fully saturated rings. The van der Waals surface area contributed by atoms with E-state index in [9.17, 15) is 4.79 Å². The topological polar surface area (TPSA) is 32.8 Å². The van der Waals surface area contributed by atoms with Gasteiger partial charge in [-0.3, -0.25) is 9.69 Å². The number of amides is 1. The molecule has 2 aliphatic rings. The molecular weight excluding hydrogens is 168 g/mol. The van der Waals surface area contributed by atoms with Crippen LogP contribution in [0.1, 0.15) is 6.92 Å². The summed E-state index contributed by atoms with van der Waals surface area (Å²) in [6.07, 6.45) is 0. The van der Waals surface area contributed by atoms with E-state index in [4.69, 9.17) is 4.74 Å². The molecule has 0 aromatic rings. The van der Waals surface area contributed by atoms with Crippen LogP contribution in [0.15, 0.2) is 0 Å². The maximum atomic E-state index is 11.0. The molecule has 0 aliphatic carbocycles. The maximum Gasteiger partial charge on any atom is 0.219 e. The van der Waals surface area contributed by atoms with Crippen LogP contribution in [0.25, 0.3) is 0 Å². The van der Waals surface area contributed by atoms with Crippen molar-refractivity contribution in [2.45, 2.75) is 13.0 Å². The van der Waals surface area contributed by atoms with Crippen molar-refractivity contribution in [3.8, 4) is 0 Å². The third-order valence-corrected chi connectivity index (χ3v) is 2.90. The highest BCUT2D eigenvalue weighted by Gasteiger charge is 2.29. The van der Waals surface area contributed by atoms with E-state index in [2.05, 4.69) is 4.90 Å². The second-order valence-electron chi connectivity index (χ2n) is 3.73. The van der Waals surface area contributed by atoms with Crippen molar-refractivity contribution in [3.05, 3.63) is 0 Å². The van der Waals surface area contributed by atoms with Crippen LogP contribution in [0.4, 0.5) is 0 Å². The zero-order valence-electron chi connectivity index (χ0n) is 8.03. The Balaban J connectivity index is 1.78. The van der Waals surface area contributed by atoms with E-state index >= 15 is 0 Å². The van der Waals surface area contributed by atoms with Gasteiger partial charge in [0.2, 0.25) is 5.91 Å². The number of ether oxygens (including phenoxy) is 1. The molecule has 1 amide bonds. The average molecular weight is 184 g/mol. The number of hydrogen-bond acceptors (Lipinski definition) is 3. The molecule has 2 saturated heterocycles. The monoisotopic (exact) mass is 184 g/mol. The van der Waals surface area contributed by atoms with E-state index in [0.29, 0.717) is 6.04 Å². The van der Waals surface area contributed by atoms with Crippen LogP contribution in [-0.2, 0) is 9.53 Å². The van der Waals surface area contributed by atoms with Crippen molar-refractivity contribution in [1.29, 1.82) is 0 Å². The first-order chi connectivity index (χ1) is 6.27. The highest BCUT2D eigenvalue weighted by molar-refractivity contribution is 5.73. The summed E-state index contributed by atoms with van der Waals surface area (Å²) in [6.45, 7) is 7.17. The summed E-state index contributed by atoms with van der Waals surface area (Å²) in [6, 6.07) is 0.620. The van der Waals surface area contributed by atoms with E-state index in [1.54, 1.807) is 6.92 Å². The lowest BCUT2D eigenvalue weighted by Gasteiger charge is -2.42. The zero-order valence-corrected chi connectivity index (χ0v) is 8.03. The minimum atomic E-state index is 0.199. The number of carbonyl (C=O) groups excluding carboxylic acids is 1. The Morgan fingerprint density at radius 2 is 1.85 bits per heavy atom. The van der Waals surface area contributed by atoms with E-state index < -0.39 is 0 Å². The molecule has 0 N–H and O–H groups in total. The first kappa shape index (κ1) is 8.97. The zero-order chi connectivity index (χ0) is 9.26. The molecule has 0 aromatic heterocycles.